The number of hydrogen-bond acceptors (Lipinski definition) is 4. The minimum absolute atomic E-state index is 0.0354. The molecule has 0 unspecified atom stereocenters. The molecule has 0 aromatic heterocycles. The minimum atomic E-state index is -0.0354. The standard InChI is InChI=1S/C19H24N2O3/c1-3-24-17-9-7-16(8-10-17)21-14-19(22)20-12-11-15-5-4-6-18(13-15)23-2/h4-10,13,21H,3,11-12,14H2,1-2H3,(H,20,22). The number of rotatable bonds is 9. The molecule has 5 nitrogen and oxygen atoms in total. The molecule has 1 amide bonds. The van der Waals surface area contributed by atoms with Gasteiger partial charge in [0.25, 0.3) is 0 Å². The number of hydrogen-bond donors (Lipinski definition) is 2. The van der Waals surface area contributed by atoms with Crippen LogP contribution in [0.5, 0.6) is 11.5 Å². The van der Waals surface area contributed by atoms with Gasteiger partial charge in [-0.25, -0.2) is 0 Å². The number of amides is 1. The summed E-state index contributed by atoms with van der Waals surface area (Å²) >= 11 is 0. The summed E-state index contributed by atoms with van der Waals surface area (Å²) in [6.45, 7) is 3.42. The zero-order valence-corrected chi connectivity index (χ0v) is 14.2. The Morgan fingerprint density at radius 2 is 1.88 bits per heavy atom. The van der Waals surface area contributed by atoms with Gasteiger partial charge < -0.3 is 20.1 Å². The lowest BCUT2D eigenvalue weighted by atomic mass is 10.1. The van der Waals surface area contributed by atoms with E-state index in [1.807, 2.05) is 55.5 Å². The lowest BCUT2D eigenvalue weighted by molar-refractivity contribution is -0.119. The van der Waals surface area contributed by atoms with Gasteiger partial charge in [0.1, 0.15) is 11.5 Å². The molecule has 128 valence electrons. The van der Waals surface area contributed by atoms with Crippen molar-refractivity contribution < 1.29 is 14.3 Å². The van der Waals surface area contributed by atoms with Crippen LogP contribution in [-0.2, 0) is 11.2 Å². The molecule has 0 aliphatic heterocycles. The summed E-state index contributed by atoms with van der Waals surface area (Å²) in [4.78, 5) is 11.9. The van der Waals surface area contributed by atoms with Crippen molar-refractivity contribution in [2.75, 3.05) is 32.1 Å². The fourth-order valence-electron chi connectivity index (χ4n) is 2.25. The molecular formula is C19H24N2O3. The SMILES string of the molecule is CCOc1ccc(NCC(=O)NCCc2cccc(OC)c2)cc1. The fourth-order valence-corrected chi connectivity index (χ4v) is 2.25. The number of carbonyl (C=O) groups is 1. The van der Waals surface area contributed by atoms with Crippen molar-refractivity contribution in [2.45, 2.75) is 13.3 Å². The Morgan fingerprint density at radius 3 is 2.58 bits per heavy atom. The minimum Gasteiger partial charge on any atom is -0.497 e. The maximum absolute atomic E-state index is 11.9. The third-order valence-electron chi connectivity index (χ3n) is 3.49. The summed E-state index contributed by atoms with van der Waals surface area (Å²) in [7, 11) is 1.65. The smallest absolute Gasteiger partial charge is 0.239 e. The largest absolute Gasteiger partial charge is 0.497 e. The van der Waals surface area contributed by atoms with Crippen LogP contribution in [0.25, 0.3) is 0 Å². The molecule has 2 N–H and O–H groups in total. The van der Waals surface area contributed by atoms with Crippen LogP contribution in [0.15, 0.2) is 48.5 Å². The van der Waals surface area contributed by atoms with Crippen molar-refractivity contribution in [3.05, 3.63) is 54.1 Å². The Bertz CT molecular complexity index is 641. The zero-order valence-electron chi connectivity index (χ0n) is 14.2. The summed E-state index contributed by atoms with van der Waals surface area (Å²) < 4.78 is 10.6. The van der Waals surface area contributed by atoms with Crippen LogP contribution in [-0.4, -0.2) is 32.7 Å². The lowest BCUT2D eigenvalue weighted by Gasteiger charge is -2.09. The van der Waals surface area contributed by atoms with Gasteiger partial charge in [0.15, 0.2) is 0 Å². The Kier molecular flexibility index (Phi) is 6.95. The second-order valence-electron chi connectivity index (χ2n) is 5.26. The van der Waals surface area contributed by atoms with E-state index in [2.05, 4.69) is 10.6 Å². The molecule has 0 spiro atoms. The molecule has 5 heteroatoms. The third kappa shape index (κ3) is 5.83. The van der Waals surface area contributed by atoms with Crippen LogP contribution in [0.2, 0.25) is 0 Å². The Balaban J connectivity index is 1.69. The van der Waals surface area contributed by atoms with E-state index in [-0.39, 0.29) is 12.5 Å². The average molecular weight is 328 g/mol. The molecule has 0 aliphatic rings. The second kappa shape index (κ2) is 9.45. The Labute approximate surface area is 143 Å². The van der Waals surface area contributed by atoms with Gasteiger partial charge in [0.05, 0.1) is 20.3 Å². The van der Waals surface area contributed by atoms with E-state index >= 15 is 0 Å². The molecule has 0 atom stereocenters. The first kappa shape index (κ1) is 17.7. The normalized spacial score (nSPS) is 10.1. The first-order valence-electron chi connectivity index (χ1n) is 8.07. The van der Waals surface area contributed by atoms with E-state index in [9.17, 15) is 4.79 Å². The van der Waals surface area contributed by atoms with Gasteiger partial charge in [0.2, 0.25) is 5.91 Å². The number of ether oxygens (including phenoxy) is 2. The van der Waals surface area contributed by atoms with Crippen LogP contribution >= 0.6 is 0 Å². The topological polar surface area (TPSA) is 59.6 Å². The van der Waals surface area contributed by atoms with Crippen molar-refractivity contribution in [1.29, 1.82) is 0 Å². The van der Waals surface area contributed by atoms with E-state index in [4.69, 9.17) is 9.47 Å². The Hall–Kier alpha value is -2.69. The summed E-state index contributed by atoms with van der Waals surface area (Å²) in [5.74, 6) is 1.62. The molecule has 0 aliphatic carbocycles. The van der Waals surface area contributed by atoms with Crippen LogP contribution in [0, 0.1) is 0 Å². The molecule has 0 fully saturated rings. The summed E-state index contributed by atoms with van der Waals surface area (Å²) in [6, 6.07) is 15.4. The monoisotopic (exact) mass is 328 g/mol. The highest BCUT2D eigenvalue weighted by Crippen LogP contribution is 2.15. The quantitative estimate of drug-likeness (QED) is 0.743. The highest BCUT2D eigenvalue weighted by atomic mass is 16.5. The van der Waals surface area contributed by atoms with E-state index < -0.39 is 0 Å². The molecule has 0 radical (unpaired) electrons. The van der Waals surface area contributed by atoms with E-state index in [0.717, 1.165) is 29.2 Å². The van der Waals surface area contributed by atoms with E-state index in [1.54, 1.807) is 7.11 Å². The van der Waals surface area contributed by atoms with Crippen molar-refractivity contribution in [3.8, 4) is 11.5 Å². The fraction of sp³-hybridized carbons (Fsp3) is 0.316. The highest BCUT2D eigenvalue weighted by molar-refractivity contribution is 5.80. The van der Waals surface area contributed by atoms with Gasteiger partial charge in [-0.1, -0.05) is 12.1 Å². The molecule has 0 bridgehead atoms. The van der Waals surface area contributed by atoms with Crippen LogP contribution in [0.1, 0.15) is 12.5 Å². The van der Waals surface area contributed by atoms with E-state index in [1.165, 1.54) is 0 Å². The maximum atomic E-state index is 11.9. The molecular weight excluding hydrogens is 304 g/mol. The van der Waals surface area contributed by atoms with Gasteiger partial charge >= 0.3 is 0 Å². The van der Waals surface area contributed by atoms with Crippen molar-refractivity contribution in [2.24, 2.45) is 0 Å². The van der Waals surface area contributed by atoms with Gasteiger partial charge in [-0.3, -0.25) is 4.79 Å². The number of carbonyl (C=O) groups excluding carboxylic acids is 1. The highest BCUT2D eigenvalue weighted by Gasteiger charge is 2.02. The van der Waals surface area contributed by atoms with Crippen molar-refractivity contribution in [1.82, 2.24) is 5.32 Å². The summed E-state index contributed by atoms with van der Waals surface area (Å²) in [6.07, 6.45) is 0.770. The van der Waals surface area contributed by atoms with E-state index in [0.29, 0.717) is 13.2 Å². The van der Waals surface area contributed by atoms with Crippen LogP contribution in [0.3, 0.4) is 0 Å². The molecule has 24 heavy (non-hydrogen) atoms. The molecule has 0 saturated heterocycles. The summed E-state index contributed by atoms with van der Waals surface area (Å²) in [5.41, 5.74) is 2.02. The van der Waals surface area contributed by atoms with Gasteiger partial charge in [-0.05, 0) is 55.3 Å². The molecule has 2 aromatic rings. The van der Waals surface area contributed by atoms with Gasteiger partial charge in [-0.15, -0.1) is 0 Å². The molecule has 2 rings (SSSR count). The average Bonchev–Trinajstić information content (AvgIpc) is 2.61. The second-order valence-corrected chi connectivity index (χ2v) is 5.26. The predicted molar refractivity (Wildman–Crippen MR) is 95.8 cm³/mol. The first-order valence-corrected chi connectivity index (χ1v) is 8.07. The van der Waals surface area contributed by atoms with Crippen molar-refractivity contribution >= 4 is 11.6 Å². The number of nitrogens with one attached hydrogen (secondary N) is 2. The Morgan fingerprint density at radius 1 is 1.08 bits per heavy atom. The van der Waals surface area contributed by atoms with Gasteiger partial charge in [-0.2, -0.15) is 0 Å². The van der Waals surface area contributed by atoms with Crippen LogP contribution < -0.4 is 20.1 Å². The van der Waals surface area contributed by atoms with Crippen molar-refractivity contribution in [3.63, 3.8) is 0 Å². The summed E-state index contributed by atoms with van der Waals surface area (Å²) in [5, 5.41) is 6.00. The predicted octanol–water partition coefficient (Wildman–Crippen LogP) is 2.86. The van der Waals surface area contributed by atoms with Gasteiger partial charge in [0, 0.05) is 12.2 Å². The number of methoxy groups -OCH3 is 1. The maximum Gasteiger partial charge on any atom is 0.239 e. The molecule has 2 aromatic carbocycles. The molecule has 0 heterocycles. The lowest BCUT2D eigenvalue weighted by Crippen LogP contribution is -2.31. The first-order chi connectivity index (χ1) is 11.7. The van der Waals surface area contributed by atoms with Crippen LogP contribution in [0.4, 0.5) is 5.69 Å². The third-order valence-corrected chi connectivity index (χ3v) is 3.49. The number of benzene rings is 2. The zero-order chi connectivity index (χ0) is 17.2. The number of anilines is 1. The molecule has 0 saturated carbocycles.